The molecule has 0 unspecified atom stereocenters. The van der Waals surface area contributed by atoms with E-state index < -0.39 is 10.0 Å². The Bertz CT molecular complexity index is 993. The highest BCUT2D eigenvalue weighted by atomic mass is 32.2. The van der Waals surface area contributed by atoms with Crippen LogP contribution in [-0.2, 0) is 10.0 Å². The molecule has 0 aliphatic heterocycles. The van der Waals surface area contributed by atoms with Crippen molar-refractivity contribution in [2.75, 3.05) is 11.2 Å². The molecule has 0 bridgehead atoms. The molecule has 9 heteroatoms. The predicted octanol–water partition coefficient (Wildman–Crippen LogP) is 2.82. The lowest BCUT2D eigenvalue weighted by atomic mass is 10.2. The molecule has 4 N–H and O–H groups in total. The van der Waals surface area contributed by atoms with Gasteiger partial charge < -0.3 is 5.73 Å². The highest BCUT2D eigenvalue weighted by molar-refractivity contribution is 7.99. The third-order valence-electron chi connectivity index (χ3n) is 3.44. The summed E-state index contributed by atoms with van der Waals surface area (Å²) in [6.07, 6.45) is 1.32. The first-order chi connectivity index (χ1) is 12.5. The van der Waals surface area contributed by atoms with Crippen LogP contribution in [0.15, 0.2) is 75.7 Å². The van der Waals surface area contributed by atoms with E-state index in [2.05, 4.69) is 20.2 Å². The van der Waals surface area contributed by atoms with E-state index in [0.717, 1.165) is 10.5 Å². The maximum absolute atomic E-state index is 12.3. The number of aryl methyl sites for hydroxylation is 1. The van der Waals surface area contributed by atoms with Crippen LogP contribution in [0, 0.1) is 6.92 Å². The van der Waals surface area contributed by atoms with E-state index in [1.165, 1.54) is 30.2 Å². The molecule has 0 fully saturated rings. The van der Waals surface area contributed by atoms with Gasteiger partial charge in [-0.05, 0) is 31.2 Å². The molecular weight excluding hydrogens is 370 g/mol. The predicted molar refractivity (Wildman–Crippen MR) is 102 cm³/mol. The quantitative estimate of drug-likeness (QED) is 0.441. The molecule has 0 atom stereocenters. The van der Waals surface area contributed by atoms with E-state index in [4.69, 9.17) is 5.73 Å². The minimum Gasteiger partial charge on any atom is -0.393 e. The van der Waals surface area contributed by atoms with Crippen LogP contribution in [0.1, 0.15) is 5.56 Å². The molecule has 3 aromatic rings. The van der Waals surface area contributed by atoms with Gasteiger partial charge in [0.05, 0.1) is 4.90 Å². The van der Waals surface area contributed by atoms with Crippen molar-refractivity contribution in [2.45, 2.75) is 21.7 Å². The van der Waals surface area contributed by atoms with Crippen molar-refractivity contribution in [3.05, 3.63) is 66.5 Å². The van der Waals surface area contributed by atoms with Gasteiger partial charge in [0.25, 0.3) is 10.0 Å². The van der Waals surface area contributed by atoms with Crippen molar-refractivity contribution in [1.82, 2.24) is 14.8 Å². The highest BCUT2D eigenvalue weighted by Gasteiger charge is 2.15. The van der Waals surface area contributed by atoms with E-state index in [9.17, 15) is 8.42 Å². The zero-order chi connectivity index (χ0) is 18.6. The van der Waals surface area contributed by atoms with Crippen LogP contribution < -0.4 is 16.0 Å². The van der Waals surface area contributed by atoms with Crippen molar-refractivity contribution < 1.29 is 8.42 Å². The van der Waals surface area contributed by atoms with Crippen LogP contribution in [0.5, 0.6) is 0 Å². The Morgan fingerprint density at radius 3 is 2.38 bits per heavy atom. The maximum Gasteiger partial charge on any atom is 0.257 e. The van der Waals surface area contributed by atoms with E-state index in [-0.39, 0.29) is 16.4 Å². The number of nitrogens with two attached hydrogens (primary N) is 1. The number of aromatic nitrogens is 2. The standard InChI is InChI=1S/C17H17N5O2S2/c1-12-7-9-14(10-8-12)26(23,24)22-21-16-15(18)17(20-11-19-16)25-13-5-3-2-4-6-13/h2-11,22H,18H2,1H3,(H,19,20,21). The second-order valence-corrected chi connectivity index (χ2v) is 8.14. The van der Waals surface area contributed by atoms with Gasteiger partial charge >= 0.3 is 0 Å². The zero-order valence-corrected chi connectivity index (χ0v) is 15.5. The Labute approximate surface area is 156 Å². The fourth-order valence-electron chi connectivity index (χ4n) is 2.05. The number of nitrogen functional groups attached to an aromatic ring is 1. The van der Waals surface area contributed by atoms with E-state index in [1.807, 2.05) is 37.3 Å². The summed E-state index contributed by atoms with van der Waals surface area (Å²) >= 11 is 1.37. The average molecular weight is 387 g/mol. The second kappa shape index (κ2) is 7.73. The SMILES string of the molecule is Cc1ccc(S(=O)(=O)NNc2ncnc(Sc3ccccc3)c2N)cc1. The lowest BCUT2D eigenvalue weighted by molar-refractivity contribution is 0.587. The fraction of sp³-hybridized carbons (Fsp3) is 0.0588. The maximum atomic E-state index is 12.3. The lowest BCUT2D eigenvalue weighted by Crippen LogP contribution is -2.30. The number of benzene rings is 2. The molecule has 0 spiro atoms. The molecule has 26 heavy (non-hydrogen) atoms. The Hall–Kier alpha value is -2.62. The second-order valence-electron chi connectivity index (χ2n) is 5.40. The summed E-state index contributed by atoms with van der Waals surface area (Å²) in [7, 11) is -3.75. The molecule has 0 saturated carbocycles. The van der Waals surface area contributed by atoms with E-state index in [0.29, 0.717) is 5.03 Å². The fourth-order valence-corrected chi connectivity index (χ4v) is 3.72. The normalized spacial score (nSPS) is 11.3. The Morgan fingerprint density at radius 2 is 1.69 bits per heavy atom. The van der Waals surface area contributed by atoms with Crippen LogP contribution in [0.25, 0.3) is 0 Å². The van der Waals surface area contributed by atoms with E-state index in [1.54, 1.807) is 12.1 Å². The first kappa shape index (κ1) is 18.2. The van der Waals surface area contributed by atoms with Gasteiger partial charge in [-0.15, -0.1) is 4.83 Å². The minimum atomic E-state index is -3.75. The Kier molecular flexibility index (Phi) is 5.40. The van der Waals surface area contributed by atoms with Gasteiger partial charge in [-0.2, -0.15) is 0 Å². The van der Waals surface area contributed by atoms with Gasteiger partial charge in [-0.25, -0.2) is 18.4 Å². The molecule has 0 saturated heterocycles. The number of nitrogens with one attached hydrogen (secondary N) is 2. The van der Waals surface area contributed by atoms with Crippen LogP contribution >= 0.6 is 11.8 Å². The lowest BCUT2D eigenvalue weighted by Gasteiger charge is -2.12. The summed E-state index contributed by atoms with van der Waals surface area (Å²) in [5, 5.41) is 0.531. The van der Waals surface area contributed by atoms with Crippen molar-refractivity contribution >= 4 is 33.3 Å². The topological polar surface area (TPSA) is 110 Å². The number of anilines is 2. The Balaban J connectivity index is 1.76. The largest absolute Gasteiger partial charge is 0.393 e. The third kappa shape index (κ3) is 4.31. The minimum absolute atomic E-state index is 0.141. The Morgan fingerprint density at radius 1 is 1.00 bits per heavy atom. The van der Waals surface area contributed by atoms with Gasteiger partial charge in [-0.3, -0.25) is 5.43 Å². The molecule has 134 valence electrons. The van der Waals surface area contributed by atoms with Crippen LogP contribution in [0.2, 0.25) is 0 Å². The van der Waals surface area contributed by atoms with Crippen LogP contribution in [-0.4, -0.2) is 18.4 Å². The molecule has 0 radical (unpaired) electrons. The molecule has 1 aromatic heterocycles. The number of sulfonamides is 1. The highest BCUT2D eigenvalue weighted by Crippen LogP contribution is 2.32. The van der Waals surface area contributed by atoms with E-state index >= 15 is 0 Å². The summed E-state index contributed by atoms with van der Waals surface area (Å²) in [4.78, 5) is 11.5. The van der Waals surface area contributed by atoms with Crippen molar-refractivity contribution in [2.24, 2.45) is 0 Å². The molecule has 7 nitrogen and oxygen atoms in total. The number of hydrazine groups is 1. The zero-order valence-electron chi connectivity index (χ0n) is 13.9. The van der Waals surface area contributed by atoms with Gasteiger partial charge in [0.2, 0.25) is 0 Å². The molecule has 0 amide bonds. The molecule has 2 aromatic carbocycles. The molecule has 0 aliphatic carbocycles. The smallest absolute Gasteiger partial charge is 0.257 e. The summed E-state index contributed by atoms with van der Waals surface area (Å²) in [5.41, 5.74) is 9.87. The number of rotatable bonds is 6. The molecule has 3 rings (SSSR count). The van der Waals surface area contributed by atoms with Crippen LogP contribution in [0.3, 0.4) is 0 Å². The third-order valence-corrected chi connectivity index (χ3v) is 5.73. The summed E-state index contributed by atoms with van der Waals surface area (Å²) < 4.78 is 24.7. The van der Waals surface area contributed by atoms with Gasteiger partial charge in [0, 0.05) is 4.90 Å². The number of hydrogen-bond donors (Lipinski definition) is 3. The first-order valence-corrected chi connectivity index (χ1v) is 9.93. The summed E-state index contributed by atoms with van der Waals surface area (Å²) in [6.45, 7) is 1.88. The summed E-state index contributed by atoms with van der Waals surface area (Å²) in [6, 6.07) is 16.1. The van der Waals surface area contributed by atoms with Crippen molar-refractivity contribution in [3.8, 4) is 0 Å². The molecular formula is C17H17N5O2S2. The van der Waals surface area contributed by atoms with Gasteiger partial charge in [0.15, 0.2) is 5.82 Å². The molecule has 0 aliphatic rings. The van der Waals surface area contributed by atoms with Crippen molar-refractivity contribution in [1.29, 1.82) is 0 Å². The number of hydrogen-bond acceptors (Lipinski definition) is 7. The van der Waals surface area contributed by atoms with Crippen LogP contribution in [0.4, 0.5) is 11.5 Å². The summed E-state index contributed by atoms with van der Waals surface area (Å²) in [5.74, 6) is 0.189. The monoisotopic (exact) mass is 387 g/mol. The van der Waals surface area contributed by atoms with Gasteiger partial charge in [0.1, 0.15) is 17.0 Å². The van der Waals surface area contributed by atoms with Gasteiger partial charge in [-0.1, -0.05) is 47.7 Å². The van der Waals surface area contributed by atoms with Crippen molar-refractivity contribution in [3.63, 3.8) is 0 Å². The molecule has 1 heterocycles. The average Bonchev–Trinajstić information content (AvgIpc) is 2.64. The number of nitrogens with zero attached hydrogens (tertiary/aromatic N) is 2. The first-order valence-electron chi connectivity index (χ1n) is 7.63.